The molecule has 1 fully saturated rings. The van der Waals surface area contributed by atoms with Gasteiger partial charge in [-0.15, -0.1) is 0 Å². The van der Waals surface area contributed by atoms with Gasteiger partial charge in [0.2, 0.25) is 0 Å². The fourth-order valence-corrected chi connectivity index (χ4v) is 3.01. The summed E-state index contributed by atoms with van der Waals surface area (Å²) in [6.45, 7) is 9.05. The largest absolute Gasteiger partial charge is 0.354 e. The molecule has 1 saturated carbocycles. The van der Waals surface area contributed by atoms with Crippen molar-refractivity contribution in [2.75, 3.05) is 0 Å². The van der Waals surface area contributed by atoms with Gasteiger partial charge in [0, 0.05) is 31.5 Å². The van der Waals surface area contributed by atoms with E-state index < -0.39 is 0 Å². The van der Waals surface area contributed by atoms with E-state index in [0.717, 1.165) is 31.0 Å². The zero-order valence-corrected chi connectivity index (χ0v) is 11.4. The first-order valence-corrected chi connectivity index (χ1v) is 7.07. The molecule has 1 aromatic rings. The molecule has 1 aliphatic rings. The minimum atomic E-state index is 0.719. The predicted octanol–water partition coefficient (Wildman–Crippen LogP) is 3.42. The number of hydrogen-bond acceptors (Lipinski definition) is 1. The van der Waals surface area contributed by atoms with Crippen molar-refractivity contribution in [3.05, 3.63) is 24.0 Å². The molecule has 17 heavy (non-hydrogen) atoms. The third-order valence-electron chi connectivity index (χ3n) is 4.18. The highest BCUT2D eigenvalue weighted by Crippen LogP contribution is 2.28. The van der Waals surface area contributed by atoms with Gasteiger partial charge in [-0.2, -0.15) is 0 Å². The van der Waals surface area contributed by atoms with Crippen LogP contribution in [0.3, 0.4) is 0 Å². The molecule has 0 aliphatic heterocycles. The molecule has 0 radical (unpaired) electrons. The summed E-state index contributed by atoms with van der Waals surface area (Å²) in [7, 11) is 0. The Bertz CT molecular complexity index is 342. The van der Waals surface area contributed by atoms with Crippen molar-refractivity contribution in [3.8, 4) is 0 Å². The third-order valence-corrected chi connectivity index (χ3v) is 4.18. The number of aromatic nitrogens is 1. The van der Waals surface area contributed by atoms with Crippen LogP contribution in [0, 0.1) is 11.8 Å². The molecule has 2 nitrogen and oxygen atoms in total. The summed E-state index contributed by atoms with van der Waals surface area (Å²) in [5.41, 5.74) is 1.41. The van der Waals surface area contributed by atoms with Crippen molar-refractivity contribution < 1.29 is 0 Å². The first kappa shape index (κ1) is 12.7. The summed E-state index contributed by atoms with van der Waals surface area (Å²) in [5.74, 6) is 1.75. The van der Waals surface area contributed by atoms with Crippen LogP contribution in [0.2, 0.25) is 0 Å². The minimum absolute atomic E-state index is 0.719. The van der Waals surface area contributed by atoms with Gasteiger partial charge in [-0.3, -0.25) is 0 Å². The Morgan fingerprint density at radius 3 is 2.82 bits per heavy atom. The van der Waals surface area contributed by atoms with Crippen LogP contribution >= 0.6 is 0 Å². The second-order valence-corrected chi connectivity index (χ2v) is 5.73. The molecule has 3 unspecified atom stereocenters. The number of hydrogen-bond donors (Lipinski definition) is 1. The molecule has 1 N–H and O–H groups in total. The van der Waals surface area contributed by atoms with E-state index >= 15 is 0 Å². The maximum absolute atomic E-state index is 3.73. The van der Waals surface area contributed by atoms with Crippen molar-refractivity contribution in [2.45, 2.75) is 59.2 Å². The average molecular weight is 234 g/mol. The van der Waals surface area contributed by atoms with Crippen LogP contribution in [-0.4, -0.2) is 10.6 Å². The second-order valence-electron chi connectivity index (χ2n) is 5.73. The van der Waals surface area contributed by atoms with E-state index in [1.54, 1.807) is 0 Å². The number of nitrogens with zero attached hydrogens (tertiary/aromatic N) is 1. The Labute approximate surface area is 105 Å². The van der Waals surface area contributed by atoms with E-state index in [9.17, 15) is 0 Å². The Morgan fingerprint density at radius 2 is 2.18 bits per heavy atom. The molecule has 1 aromatic heterocycles. The van der Waals surface area contributed by atoms with Crippen LogP contribution < -0.4 is 5.32 Å². The highest BCUT2D eigenvalue weighted by Gasteiger charge is 2.24. The standard InChI is InChI=1S/C15H26N2/c1-4-17-8-7-14(11-17)10-16-15-6-5-12(2)9-13(15)3/h7-8,11-13,15-16H,4-6,9-10H2,1-3H3. The van der Waals surface area contributed by atoms with Crippen LogP contribution in [0.15, 0.2) is 18.5 Å². The number of nitrogens with one attached hydrogen (secondary N) is 1. The zero-order chi connectivity index (χ0) is 12.3. The van der Waals surface area contributed by atoms with Gasteiger partial charge >= 0.3 is 0 Å². The molecule has 0 amide bonds. The Balaban J connectivity index is 1.81. The highest BCUT2D eigenvalue weighted by atomic mass is 15.0. The van der Waals surface area contributed by atoms with Crippen molar-refractivity contribution in [3.63, 3.8) is 0 Å². The maximum atomic E-state index is 3.73. The topological polar surface area (TPSA) is 17.0 Å². The quantitative estimate of drug-likeness (QED) is 0.844. The van der Waals surface area contributed by atoms with E-state index in [1.807, 2.05) is 0 Å². The Hall–Kier alpha value is -0.760. The van der Waals surface area contributed by atoms with Crippen LogP contribution in [0.1, 0.15) is 45.6 Å². The van der Waals surface area contributed by atoms with E-state index in [0.29, 0.717) is 0 Å². The zero-order valence-electron chi connectivity index (χ0n) is 11.4. The van der Waals surface area contributed by atoms with Crippen LogP contribution in [-0.2, 0) is 13.1 Å². The van der Waals surface area contributed by atoms with Crippen molar-refractivity contribution in [1.29, 1.82) is 0 Å². The summed E-state index contributed by atoms with van der Waals surface area (Å²) >= 11 is 0. The molecule has 3 atom stereocenters. The summed E-state index contributed by atoms with van der Waals surface area (Å²) in [6, 6.07) is 2.95. The summed E-state index contributed by atoms with van der Waals surface area (Å²) in [5, 5.41) is 3.73. The van der Waals surface area contributed by atoms with Gasteiger partial charge < -0.3 is 9.88 Å². The lowest BCUT2D eigenvalue weighted by molar-refractivity contribution is 0.227. The van der Waals surface area contributed by atoms with Crippen LogP contribution in [0.4, 0.5) is 0 Å². The van der Waals surface area contributed by atoms with Crippen molar-refractivity contribution in [1.82, 2.24) is 9.88 Å². The molecular weight excluding hydrogens is 208 g/mol. The third kappa shape index (κ3) is 3.35. The van der Waals surface area contributed by atoms with Gasteiger partial charge in [0.15, 0.2) is 0 Å². The summed E-state index contributed by atoms with van der Waals surface area (Å²) < 4.78 is 2.24. The van der Waals surface area contributed by atoms with Gasteiger partial charge in [-0.25, -0.2) is 0 Å². The first-order chi connectivity index (χ1) is 8.19. The predicted molar refractivity (Wildman–Crippen MR) is 72.9 cm³/mol. The summed E-state index contributed by atoms with van der Waals surface area (Å²) in [4.78, 5) is 0. The maximum Gasteiger partial charge on any atom is 0.0223 e. The minimum Gasteiger partial charge on any atom is -0.354 e. The SMILES string of the molecule is CCn1ccc(CNC2CCC(C)CC2C)c1. The monoisotopic (exact) mass is 234 g/mol. The molecule has 0 aromatic carbocycles. The number of rotatable bonds is 4. The molecule has 1 aliphatic carbocycles. The van der Waals surface area contributed by atoms with E-state index in [-0.39, 0.29) is 0 Å². The van der Waals surface area contributed by atoms with Crippen molar-refractivity contribution in [2.24, 2.45) is 11.8 Å². The van der Waals surface area contributed by atoms with Gasteiger partial charge in [0.05, 0.1) is 0 Å². The molecule has 0 saturated heterocycles. The molecular formula is C15H26N2. The van der Waals surface area contributed by atoms with Gasteiger partial charge in [0.25, 0.3) is 0 Å². The molecule has 0 bridgehead atoms. The fourth-order valence-electron chi connectivity index (χ4n) is 3.01. The molecule has 2 heteroatoms. The second kappa shape index (κ2) is 5.72. The summed E-state index contributed by atoms with van der Waals surface area (Å²) in [6.07, 6.45) is 8.54. The van der Waals surface area contributed by atoms with Gasteiger partial charge in [0.1, 0.15) is 0 Å². The molecule has 96 valence electrons. The smallest absolute Gasteiger partial charge is 0.0223 e. The van der Waals surface area contributed by atoms with E-state index in [2.05, 4.69) is 49.1 Å². The molecule has 0 spiro atoms. The molecule has 2 rings (SSSR count). The van der Waals surface area contributed by atoms with Crippen LogP contribution in [0.5, 0.6) is 0 Å². The van der Waals surface area contributed by atoms with Crippen molar-refractivity contribution >= 4 is 0 Å². The van der Waals surface area contributed by atoms with Gasteiger partial charge in [-0.1, -0.05) is 13.8 Å². The normalized spacial score (nSPS) is 29.5. The van der Waals surface area contributed by atoms with E-state index in [4.69, 9.17) is 0 Å². The highest BCUT2D eigenvalue weighted by molar-refractivity contribution is 5.10. The fraction of sp³-hybridized carbons (Fsp3) is 0.733. The lowest BCUT2D eigenvalue weighted by Crippen LogP contribution is -2.38. The van der Waals surface area contributed by atoms with Gasteiger partial charge in [-0.05, 0) is 49.7 Å². The number of aryl methyl sites for hydroxylation is 1. The Kier molecular flexibility index (Phi) is 4.27. The Morgan fingerprint density at radius 1 is 1.35 bits per heavy atom. The lowest BCUT2D eigenvalue weighted by Gasteiger charge is -2.33. The average Bonchev–Trinajstić information content (AvgIpc) is 2.76. The lowest BCUT2D eigenvalue weighted by atomic mass is 9.80. The molecule has 1 heterocycles. The van der Waals surface area contributed by atoms with E-state index in [1.165, 1.54) is 24.8 Å². The van der Waals surface area contributed by atoms with Crippen LogP contribution in [0.25, 0.3) is 0 Å². The first-order valence-electron chi connectivity index (χ1n) is 7.07.